The summed E-state index contributed by atoms with van der Waals surface area (Å²) in [5.41, 5.74) is 0. The van der Waals surface area contributed by atoms with Gasteiger partial charge in [0.25, 0.3) is 0 Å². The summed E-state index contributed by atoms with van der Waals surface area (Å²) in [5.74, 6) is 0. The highest BCUT2D eigenvalue weighted by molar-refractivity contribution is 4.62. The summed E-state index contributed by atoms with van der Waals surface area (Å²) in [5, 5.41) is 3.55. The third-order valence-electron chi connectivity index (χ3n) is 3.13. The molecule has 0 spiro atoms. The van der Waals surface area contributed by atoms with Gasteiger partial charge in [0.2, 0.25) is 0 Å². The molecule has 0 aromatic rings. The van der Waals surface area contributed by atoms with Crippen molar-refractivity contribution in [2.45, 2.75) is 65.8 Å². The van der Waals surface area contributed by atoms with Crippen molar-refractivity contribution in [1.82, 2.24) is 10.2 Å². The second kappa shape index (κ2) is 11.4. The molecule has 0 aliphatic rings. The zero-order chi connectivity index (χ0) is 12.2. The molecule has 0 rings (SSSR count). The first-order valence-corrected chi connectivity index (χ1v) is 7.20. The first-order valence-electron chi connectivity index (χ1n) is 7.20. The van der Waals surface area contributed by atoms with E-state index >= 15 is 0 Å². The Kier molecular flexibility index (Phi) is 11.3. The first kappa shape index (κ1) is 15.9. The van der Waals surface area contributed by atoms with E-state index in [1.807, 2.05) is 0 Å². The lowest BCUT2D eigenvalue weighted by molar-refractivity contribution is 0.272. The lowest BCUT2D eigenvalue weighted by Crippen LogP contribution is -2.30. The molecule has 0 aliphatic carbocycles. The van der Waals surface area contributed by atoms with E-state index in [1.54, 1.807) is 0 Å². The van der Waals surface area contributed by atoms with E-state index in [0.717, 1.165) is 6.54 Å². The maximum absolute atomic E-state index is 3.55. The number of nitrogens with one attached hydrogen (secondary N) is 1. The quantitative estimate of drug-likeness (QED) is 0.584. The first-order chi connectivity index (χ1) is 7.74. The SMILES string of the molecule is CCCCN(CC)CCCC(C)NCCC. The highest BCUT2D eigenvalue weighted by atomic mass is 15.1. The summed E-state index contributed by atoms with van der Waals surface area (Å²) < 4.78 is 0. The molecule has 0 bridgehead atoms. The second-order valence-electron chi connectivity index (χ2n) is 4.79. The van der Waals surface area contributed by atoms with Crippen LogP contribution in [0.3, 0.4) is 0 Å². The number of nitrogens with zero attached hydrogens (tertiary/aromatic N) is 1. The van der Waals surface area contributed by atoms with E-state index < -0.39 is 0 Å². The van der Waals surface area contributed by atoms with Crippen molar-refractivity contribution in [2.75, 3.05) is 26.2 Å². The summed E-state index contributed by atoms with van der Waals surface area (Å²) >= 11 is 0. The third-order valence-corrected chi connectivity index (χ3v) is 3.13. The Morgan fingerprint density at radius 1 is 1.00 bits per heavy atom. The van der Waals surface area contributed by atoms with Crippen molar-refractivity contribution in [3.05, 3.63) is 0 Å². The van der Waals surface area contributed by atoms with Crippen molar-refractivity contribution in [2.24, 2.45) is 0 Å². The fourth-order valence-electron chi connectivity index (χ4n) is 1.92. The normalized spacial score (nSPS) is 13.3. The van der Waals surface area contributed by atoms with Gasteiger partial charge in [-0.25, -0.2) is 0 Å². The zero-order valence-corrected chi connectivity index (χ0v) is 11.9. The van der Waals surface area contributed by atoms with Crippen LogP contribution in [0, 0.1) is 0 Å². The van der Waals surface area contributed by atoms with Crippen LogP contribution >= 0.6 is 0 Å². The molecule has 98 valence electrons. The number of unbranched alkanes of at least 4 members (excludes halogenated alkanes) is 1. The Hall–Kier alpha value is -0.0800. The molecule has 1 N–H and O–H groups in total. The van der Waals surface area contributed by atoms with Crippen LogP contribution in [-0.4, -0.2) is 37.1 Å². The second-order valence-corrected chi connectivity index (χ2v) is 4.79. The Morgan fingerprint density at radius 3 is 2.25 bits per heavy atom. The Labute approximate surface area is 103 Å². The van der Waals surface area contributed by atoms with Gasteiger partial charge in [0.1, 0.15) is 0 Å². The molecule has 0 heterocycles. The molecule has 2 nitrogen and oxygen atoms in total. The molecule has 0 amide bonds. The molecule has 0 saturated carbocycles. The predicted molar refractivity (Wildman–Crippen MR) is 74.0 cm³/mol. The van der Waals surface area contributed by atoms with Gasteiger partial charge >= 0.3 is 0 Å². The molecule has 0 radical (unpaired) electrons. The highest BCUT2D eigenvalue weighted by Crippen LogP contribution is 2.01. The minimum Gasteiger partial charge on any atom is -0.314 e. The van der Waals surface area contributed by atoms with Crippen molar-refractivity contribution >= 4 is 0 Å². The summed E-state index contributed by atoms with van der Waals surface area (Å²) in [6.45, 7) is 14.0. The molecule has 1 atom stereocenters. The molecule has 2 heteroatoms. The standard InChI is InChI=1S/C14H32N2/c1-5-8-12-16(7-3)13-9-10-14(4)15-11-6-2/h14-15H,5-13H2,1-4H3. The van der Waals surface area contributed by atoms with Crippen LogP contribution < -0.4 is 5.32 Å². The lowest BCUT2D eigenvalue weighted by Gasteiger charge is -2.21. The fraction of sp³-hybridized carbons (Fsp3) is 1.00. The zero-order valence-electron chi connectivity index (χ0n) is 11.9. The predicted octanol–water partition coefficient (Wildman–Crippen LogP) is 3.28. The molecular formula is C14H32N2. The van der Waals surface area contributed by atoms with Gasteiger partial charge in [-0.3, -0.25) is 0 Å². The molecule has 0 aliphatic heterocycles. The summed E-state index contributed by atoms with van der Waals surface area (Å²) in [6, 6.07) is 0.685. The van der Waals surface area contributed by atoms with Gasteiger partial charge in [0, 0.05) is 6.04 Å². The Morgan fingerprint density at radius 2 is 1.69 bits per heavy atom. The Bertz CT molecular complexity index is 137. The minimum atomic E-state index is 0.685. The minimum absolute atomic E-state index is 0.685. The third kappa shape index (κ3) is 9.17. The van der Waals surface area contributed by atoms with Crippen LogP contribution in [0.15, 0.2) is 0 Å². The van der Waals surface area contributed by atoms with Gasteiger partial charge < -0.3 is 10.2 Å². The van der Waals surface area contributed by atoms with Gasteiger partial charge in [-0.2, -0.15) is 0 Å². The van der Waals surface area contributed by atoms with Crippen LogP contribution in [0.1, 0.15) is 59.8 Å². The topological polar surface area (TPSA) is 15.3 Å². The number of rotatable bonds is 11. The summed E-state index contributed by atoms with van der Waals surface area (Å²) in [6.07, 6.45) is 6.53. The molecule has 0 saturated heterocycles. The number of hydrogen-bond donors (Lipinski definition) is 1. The molecule has 0 fully saturated rings. The van der Waals surface area contributed by atoms with Gasteiger partial charge in [-0.15, -0.1) is 0 Å². The van der Waals surface area contributed by atoms with Crippen molar-refractivity contribution in [3.63, 3.8) is 0 Å². The number of hydrogen-bond acceptors (Lipinski definition) is 2. The maximum atomic E-state index is 3.55. The van der Waals surface area contributed by atoms with Crippen LogP contribution in [0.5, 0.6) is 0 Å². The molecule has 16 heavy (non-hydrogen) atoms. The molecular weight excluding hydrogens is 196 g/mol. The van der Waals surface area contributed by atoms with Gasteiger partial charge in [0.05, 0.1) is 0 Å². The summed E-state index contributed by atoms with van der Waals surface area (Å²) in [7, 11) is 0. The van der Waals surface area contributed by atoms with E-state index in [2.05, 4.69) is 37.9 Å². The van der Waals surface area contributed by atoms with E-state index in [-0.39, 0.29) is 0 Å². The average molecular weight is 228 g/mol. The van der Waals surface area contributed by atoms with Gasteiger partial charge in [-0.05, 0) is 58.8 Å². The van der Waals surface area contributed by atoms with Crippen molar-refractivity contribution < 1.29 is 0 Å². The highest BCUT2D eigenvalue weighted by Gasteiger charge is 2.04. The van der Waals surface area contributed by atoms with E-state index in [4.69, 9.17) is 0 Å². The van der Waals surface area contributed by atoms with E-state index in [0.29, 0.717) is 6.04 Å². The smallest absolute Gasteiger partial charge is 0.00391 e. The summed E-state index contributed by atoms with van der Waals surface area (Å²) in [4.78, 5) is 2.58. The van der Waals surface area contributed by atoms with E-state index in [1.165, 1.54) is 51.7 Å². The molecule has 0 aromatic carbocycles. The lowest BCUT2D eigenvalue weighted by atomic mass is 10.1. The van der Waals surface area contributed by atoms with Crippen molar-refractivity contribution in [1.29, 1.82) is 0 Å². The fourth-order valence-corrected chi connectivity index (χ4v) is 1.92. The van der Waals surface area contributed by atoms with Crippen LogP contribution in [0.2, 0.25) is 0 Å². The van der Waals surface area contributed by atoms with Crippen LogP contribution in [-0.2, 0) is 0 Å². The van der Waals surface area contributed by atoms with Crippen molar-refractivity contribution in [3.8, 4) is 0 Å². The van der Waals surface area contributed by atoms with Crippen LogP contribution in [0.4, 0.5) is 0 Å². The van der Waals surface area contributed by atoms with Gasteiger partial charge in [-0.1, -0.05) is 27.2 Å². The maximum Gasteiger partial charge on any atom is 0.00391 e. The van der Waals surface area contributed by atoms with Gasteiger partial charge in [0.15, 0.2) is 0 Å². The molecule has 1 unspecified atom stereocenters. The van der Waals surface area contributed by atoms with E-state index in [9.17, 15) is 0 Å². The molecule has 0 aromatic heterocycles. The average Bonchev–Trinajstić information content (AvgIpc) is 2.30. The monoisotopic (exact) mass is 228 g/mol. The largest absolute Gasteiger partial charge is 0.314 e. The van der Waals surface area contributed by atoms with Crippen LogP contribution in [0.25, 0.3) is 0 Å². The Balaban J connectivity index is 3.45.